The van der Waals surface area contributed by atoms with E-state index in [1.54, 1.807) is 0 Å². The third-order valence-electron chi connectivity index (χ3n) is 12.4. The molecule has 4 saturated heterocycles. The summed E-state index contributed by atoms with van der Waals surface area (Å²) in [5.41, 5.74) is 3.81. The van der Waals surface area contributed by atoms with Gasteiger partial charge in [-0.05, 0) is 165 Å². The van der Waals surface area contributed by atoms with E-state index >= 15 is 0 Å². The molecule has 0 spiro atoms. The van der Waals surface area contributed by atoms with Gasteiger partial charge in [-0.2, -0.15) is 4.57 Å². The Morgan fingerprint density at radius 1 is 0.500 bits per heavy atom. The van der Waals surface area contributed by atoms with Crippen LogP contribution >= 0.6 is 0 Å². The minimum absolute atomic E-state index is 0.698. The first-order chi connectivity index (χ1) is 26.8. The fraction of sp³-hybridized carbons (Fsp3) is 0.667. The summed E-state index contributed by atoms with van der Waals surface area (Å²) in [7, 11) is 0. The maximum Gasteiger partial charge on any atom is 0.213 e. The van der Waals surface area contributed by atoms with E-state index in [0.29, 0.717) is 19.8 Å². The van der Waals surface area contributed by atoms with Crippen molar-refractivity contribution in [3.05, 3.63) is 42.1 Å². The molecule has 1 aromatic heterocycles. The van der Waals surface area contributed by atoms with Gasteiger partial charge in [0, 0.05) is 38.7 Å². The number of nitrogens with zero attached hydrogens (tertiary/aromatic N) is 5. The molecule has 0 radical (unpaired) electrons. The highest BCUT2D eigenvalue weighted by atomic mass is 16.5. The molecule has 0 bridgehead atoms. The normalized spacial score (nSPS) is 19.5. The van der Waals surface area contributed by atoms with Gasteiger partial charge in [0.05, 0.1) is 37.4 Å². The first kappa shape index (κ1) is 37.8. The number of aryl methyl sites for hydroxylation is 2. The van der Waals surface area contributed by atoms with Crippen LogP contribution in [-0.4, -0.2) is 125 Å². The summed E-state index contributed by atoms with van der Waals surface area (Å²) in [5.74, 6) is 3.56. The van der Waals surface area contributed by atoms with Gasteiger partial charge in [0.15, 0.2) is 35.7 Å². The Labute approximate surface area is 324 Å². The maximum absolute atomic E-state index is 6.69. The van der Waals surface area contributed by atoms with Crippen LogP contribution in [-0.2, 0) is 13.0 Å². The largest absolute Gasteiger partial charge is 0.490 e. The lowest BCUT2D eigenvalue weighted by molar-refractivity contribution is -0.686. The zero-order valence-corrected chi connectivity index (χ0v) is 33.0. The highest BCUT2D eigenvalue weighted by Crippen LogP contribution is 2.41. The van der Waals surface area contributed by atoms with Crippen molar-refractivity contribution in [2.45, 2.75) is 90.0 Å². The molecule has 9 nitrogen and oxygen atoms in total. The SMILES string of the molecule is c1c2c(cc(OCCCN3CCCC3)c1OCCCN1CCCC1)-c1cc3ccc(OCCCN4CCCC4)c(OCCCN4CCCC4)c3c[n+]1CC2. The Balaban J connectivity index is 1.01. The van der Waals surface area contributed by atoms with E-state index in [9.17, 15) is 0 Å². The second kappa shape index (κ2) is 19.2. The minimum Gasteiger partial charge on any atom is -0.490 e. The second-order valence-corrected chi connectivity index (χ2v) is 16.5. The standard InChI is InChI=1S/C45H66N5O4/c1-2-17-46(16-1)24-9-29-51-42-14-13-37-33-41-39-35-44(53-31-11-26-48-20-5-6-21-48)43(52-30-10-25-47-18-3-4-19-47)34-38(39)15-28-50(41)36-40(37)45(42)54-32-12-27-49-22-7-8-23-49/h13-14,33-36H,1-12,15-32H2/q+1. The van der Waals surface area contributed by atoms with E-state index < -0.39 is 0 Å². The topological polar surface area (TPSA) is 53.8 Å². The molecular formula is C45H66N5O4+. The van der Waals surface area contributed by atoms with Crippen molar-refractivity contribution < 1.29 is 23.5 Å². The predicted molar refractivity (Wildman–Crippen MR) is 216 cm³/mol. The molecule has 0 N–H and O–H groups in total. The molecule has 0 amide bonds. The molecule has 0 atom stereocenters. The minimum atomic E-state index is 0.698. The molecule has 3 aromatic rings. The molecule has 9 heteroatoms. The van der Waals surface area contributed by atoms with Crippen molar-refractivity contribution in [2.24, 2.45) is 0 Å². The number of hydrogen-bond donors (Lipinski definition) is 0. The average molecular weight is 741 g/mol. The second-order valence-electron chi connectivity index (χ2n) is 16.5. The average Bonchev–Trinajstić information content (AvgIpc) is 4.05. The Morgan fingerprint density at radius 2 is 0.963 bits per heavy atom. The molecule has 2 aromatic carbocycles. The monoisotopic (exact) mass is 741 g/mol. The van der Waals surface area contributed by atoms with E-state index in [-0.39, 0.29) is 0 Å². The van der Waals surface area contributed by atoms with E-state index in [0.717, 1.165) is 99.8 Å². The van der Waals surface area contributed by atoms with Crippen molar-refractivity contribution in [3.8, 4) is 34.3 Å². The molecular weight excluding hydrogens is 675 g/mol. The molecule has 6 heterocycles. The molecule has 54 heavy (non-hydrogen) atoms. The van der Waals surface area contributed by atoms with E-state index in [4.69, 9.17) is 18.9 Å². The highest BCUT2D eigenvalue weighted by Gasteiger charge is 2.28. The molecule has 0 unspecified atom stereocenters. The van der Waals surface area contributed by atoms with Crippen LogP contribution in [0.2, 0.25) is 0 Å². The lowest BCUT2D eigenvalue weighted by Gasteiger charge is -2.22. The van der Waals surface area contributed by atoms with E-state index in [2.05, 4.69) is 60.7 Å². The summed E-state index contributed by atoms with van der Waals surface area (Å²) in [4.78, 5) is 10.3. The summed E-state index contributed by atoms with van der Waals surface area (Å²) in [6.45, 7) is 18.0. The molecule has 5 aliphatic rings. The molecule has 8 rings (SSSR count). The van der Waals surface area contributed by atoms with Gasteiger partial charge in [0.25, 0.3) is 0 Å². The van der Waals surface area contributed by atoms with Gasteiger partial charge in [0.1, 0.15) is 0 Å². The predicted octanol–water partition coefficient (Wildman–Crippen LogP) is 6.81. The summed E-state index contributed by atoms with van der Waals surface area (Å²) in [5, 5.41) is 2.32. The quantitative estimate of drug-likeness (QED) is 0.0927. The molecule has 0 aliphatic carbocycles. The van der Waals surface area contributed by atoms with E-state index in [1.807, 2.05) is 0 Å². The van der Waals surface area contributed by atoms with Crippen LogP contribution in [0.1, 0.15) is 82.6 Å². The van der Waals surface area contributed by atoms with Crippen LogP contribution in [0.4, 0.5) is 0 Å². The van der Waals surface area contributed by atoms with Crippen molar-refractivity contribution in [2.75, 3.05) is 105 Å². The number of ether oxygens (including phenoxy) is 4. The Hall–Kier alpha value is -3.11. The molecule has 294 valence electrons. The van der Waals surface area contributed by atoms with Gasteiger partial charge in [-0.25, -0.2) is 0 Å². The summed E-state index contributed by atoms with van der Waals surface area (Å²) >= 11 is 0. The third-order valence-corrected chi connectivity index (χ3v) is 12.4. The summed E-state index contributed by atoms with van der Waals surface area (Å²) in [6, 6.07) is 11.3. The first-order valence-corrected chi connectivity index (χ1v) is 21.8. The van der Waals surface area contributed by atoms with Gasteiger partial charge < -0.3 is 38.5 Å². The van der Waals surface area contributed by atoms with Gasteiger partial charge in [-0.15, -0.1) is 0 Å². The zero-order valence-electron chi connectivity index (χ0n) is 33.0. The molecule has 5 aliphatic heterocycles. The van der Waals surface area contributed by atoms with Crippen LogP contribution in [0.5, 0.6) is 23.0 Å². The van der Waals surface area contributed by atoms with Crippen LogP contribution in [0.3, 0.4) is 0 Å². The van der Waals surface area contributed by atoms with Crippen molar-refractivity contribution in [1.82, 2.24) is 19.6 Å². The van der Waals surface area contributed by atoms with Crippen molar-refractivity contribution >= 4 is 10.8 Å². The number of rotatable bonds is 20. The Bertz CT molecular complexity index is 1640. The maximum atomic E-state index is 6.69. The fourth-order valence-electron chi connectivity index (χ4n) is 9.40. The van der Waals surface area contributed by atoms with Crippen molar-refractivity contribution in [1.29, 1.82) is 0 Å². The van der Waals surface area contributed by atoms with Crippen molar-refractivity contribution in [3.63, 3.8) is 0 Å². The number of aromatic nitrogens is 1. The number of pyridine rings is 1. The lowest BCUT2D eigenvalue weighted by atomic mass is 9.95. The van der Waals surface area contributed by atoms with Gasteiger partial charge in [0.2, 0.25) is 5.69 Å². The van der Waals surface area contributed by atoms with Gasteiger partial charge >= 0.3 is 0 Å². The Morgan fingerprint density at radius 3 is 1.48 bits per heavy atom. The van der Waals surface area contributed by atoms with Crippen LogP contribution in [0.25, 0.3) is 22.0 Å². The lowest BCUT2D eigenvalue weighted by Crippen LogP contribution is -2.40. The van der Waals surface area contributed by atoms with Crippen LogP contribution < -0.4 is 23.5 Å². The number of hydrogen-bond acceptors (Lipinski definition) is 8. The summed E-state index contributed by atoms with van der Waals surface area (Å²) in [6.07, 6.45) is 18.0. The Kier molecular flexibility index (Phi) is 13.4. The van der Waals surface area contributed by atoms with Gasteiger partial charge in [-0.1, -0.05) is 0 Å². The van der Waals surface area contributed by atoms with Crippen LogP contribution in [0.15, 0.2) is 36.5 Å². The number of benzene rings is 2. The summed E-state index contributed by atoms with van der Waals surface area (Å²) < 4.78 is 28.7. The molecule has 0 saturated carbocycles. The van der Waals surface area contributed by atoms with Crippen LogP contribution in [0, 0.1) is 0 Å². The first-order valence-electron chi connectivity index (χ1n) is 21.8. The highest BCUT2D eigenvalue weighted by molar-refractivity contribution is 5.91. The van der Waals surface area contributed by atoms with E-state index in [1.165, 1.54) is 126 Å². The smallest absolute Gasteiger partial charge is 0.213 e. The third kappa shape index (κ3) is 9.81. The molecule has 4 fully saturated rings. The number of fused-ring (bicyclic) bond motifs is 4. The zero-order chi connectivity index (χ0) is 36.4. The van der Waals surface area contributed by atoms with Gasteiger partial charge in [-0.3, -0.25) is 0 Å². The number of likely N-dealkylation sites (tertiary alicyclic amines) is 4. The fourth-order valence-corrected chi connectivity index (χ4v) is 9.40.